The van der Waals surface area contributed by atoms with Crippen molar-refractivity contribution in [2.24, 2.45) is 0 Å². The summed E-state index contributed by atoms with van der Waals surface area (Å²) in [5.41, 5.74) is 6.19. The highest BCUT2D eigenvalue weighted by Gasteiger charge is 2.15. The molecule has 0 saturated heterocycles. The Hall–Kier alpha value is -0.780. The smallest absolute Gasteiger partial charge is 0.0167 e. The van der Waals surface area contributed by atoms with Gasteiger partial charge in [0.25, 0.3) is 0 Å². The molecular weight excluding hydrogens is 168 g/mol. The largest absolute Gasteiger partial charge is 0.0552 e. The zero-order valence-electron chi connectivity index (χ0n) is 8.60. The first kappa shape index (κ1) is 8.52. The first-order valence-corrected chi connectivity index (χ1v) is 5.82. The van der Waals surface area contributed by atoms with Gasteiger partial charge in [-0.05, 0) is 67.2 Å². The maximum Gasteiger partial charge on any atom is 0.0167 e. The van der Waals surface area contributed by atoms with Gasteiger partial charge in [0.1, 0.15) is 0 Å². The van der Waals surface area contributed by atoms with E-state index in [0.29, 0.717) is 0 Å². The number of fused-ring (bicyclic) bond motifs is 2. The Morgan fingerprint density at radius 2 is 1.50 bits per heavy atom. The quantitative estimate of drug-likeness (QED) is 0.580. The molecule has 2 aliphatic rings. The third-order valence-corrected chi connectivity index (χ3v) is 3.51. The summed E-state index contributed by atoms with van der Waals surface area (Å²) in [6.45, 7) is 0. The molecule has 3 rings (SSSR count). The molecule has 0 heterocycles. The summed E-state index contributed by atoms with van der Waals surface area (Å²) in [6.07, 6.45) is 12.6. The summed E-state index contributed by atoms with van der Waals surface area (Å²) in [5.74, 6) is 0. The van der Waals surface area contributed by atoms with Gasteiger partial charge in [-0.1, -0.05) is 12.1 Å². The molecule has 0 aliphatic heterocycles. The van der Waals surface area contributed by atoms with Crippen LogP contribution in [-0.2, 0) is 19.3 Å². The molecule has 1 aromatic carbocycles. The van der Waals surface area contributed by atoms with Gasteiger partial charge in [0, 0.05) is 6.42 Å². The van der Waals surface area contributed by atoms with E-state index in [4.69, 9.17) is 0 Å². The van der Waals surface area contributed by atoms with Gasteiger partial charge >= 0.3 is 0 Å². The normalized spacial score (nSPS) is 20.0. The average molecular weight is 184 g/mol. The van der Waals surface area contributed by atoms with Crippen LogP contribution in [0.4, 0.5) is 0 Å². The van der Waals surface area contributed by atoms with Gasteiger partial charge in [0.15, 0.2) is 0 Å². The van der Waals surface area contributed by atoms with Gasteiger partial charge in [-0.15, -0.1) is 0 Å². The summed E-state index contributed by atoms with van der Waals surface area (Å²) in [5, 5.41) is 0. The van der Waals surface area contributed by atoms with Crippen molar-refractivity contribution in [3.05, 3.63) is 40.8 Å². The number of hydrogen-bond acceptors (Lipinski definition) is 0. The van der Waals surface area contributed by atoms with Crippen LogP contribution in [0.1, 0.15) is 47.9 Å². The third kappa shape index (κ3) is 1.37. The van der Waals surface area contributed by atoms with Gasteiger partial charge in [0.05, 0.1) is 0 Å². The Bertz CT molecular complexity index is 283. The van der Waals surface area contributed by atoms with Crippen molar-refractivity contribution in [2.75, 3.05) is 0 Å². The van der Waals surface area contributed by atoms with E-state index >= 15 is 0 Å². The Kier molecular flexibility index (Phi) is 2.08. The highest BCUT2D eigenvalue weighted by atomic mass is 14.2. The van der Waals surface area contributed by atoms with Gasteiger partial charge in [-0.2, -0.15) is 0 Å². The second-order valence-corrected chi connectivity index (χ2v) is 4.52. The Labute approximate surface area is 86.3 Å². The van der Waals surface area contributed by atoms with Crippen molar-refractivity contribution < 1.29 is 0 Å². The van der Waals surface area contributed by atoms with Crippen LogP contribution < -0.4 is 0 Å². The molecule has 0 spiro atoms. The van der Waals surface area contributed by atoms with Crippen LogP contribution in [0.2, 0.25) is 0 Å². The van der Waals surface area contributed by atoms with E-state index in [1.54, 1.807) is 16.7 Å². The van der Waals surface area contributed by atoms with Crippen LogP contribution in [0.25, 0.3) is 0 Å². The Balaban J connectivity index is 2.06. The van der Waals surface area contributed by atoms with Crippen LogP contribution in [0.3, 0.4) is 0 Å². The zero-order chi connectivity index (χ0) is 9.38. The van der Waals surface area contributed by atoms with Crippen molar-refractivity contribution in [2.45, 2.75) is 44.9 Å². The lowest BCUT2D eigenvalue weighted by Crippen LogP contribution is -2.08. The van der Waals surface area contributed by atoms with E-state index in [9.17, 15) is 0 Å². The van der Waals surface area contributed by atoms with Crippen LogP contribution in [-0.4, -0.2) is 0 Å². The molecule has 0 atom stereocenters. The molecule has 0 N–H and O–H groups in total. The van der Waals surface area contributed by atoms with E-state index < -0.39 is 0 Å². The number of rotatable bonds is 0. The molecule has 0 amide bonds. The maximum absolute atomic E-state index is 3.51. The maximum atomic E-state index is 3.51. The van der Waals surface area contributed by atoms with E-state index in [1.165, 1.54) is 44.1 Å². The van der Waals surface area contributed by atoms with Gasteiger partial charge in [-0.3, -0.25) is 0 Å². The fraction of sp³-hybridized carbons (Fsp3) is 0.500. The first-order valence-electron chi connectivity index (χ1n) is 5.82. The number of hydrogen-bond donors (Lipinski definition) is 0. The average Bonchev–Trinajstić information content (AvgIpc) is 2.26. The molecule has 0 nitrogen and oxygen atoms in total. The topological polar surface area (TPSA) is 0 Å². The van der Waals surface area contributed by atoms with E-state index in [1.807, 2.05) is 0 Å². The van der Waals surface area contributed by atoms with Crippen LogP contribution in [0.15, 0.2) is 12.1 Å². The highest BCUT2D eigenvalue weighted by molar-refractivity contribution is 5.44. The van der Waals surface area contributed by atoms with Crippen molar-refractivity contribution in [3.8, 4) is 0 Å². The molecule has 0 fully saturated rings. The van der Waals surface area contributed by atoms with Crippen molar-refractivity contribution >= 4 is 0 Å². The monoisotopic (exact) mass is 184 g/mol. The molecule has 0 bridgehead atoms. The predicted molar refractivity (Wildman–Crippen MR) is 58.4 cm³/mol. The lowest BCUT2D eigenvalue weighted by Gasteiger charge is -2.22. The van der Waals surface area contributed by atoms with Crippen molar-refractivity contribution in [3.63, 3.8) is 0 Å². The van der Waals surface area contributed by atoms with E-state index in [-0.39, 0.29) is 0 Å². The molecule has 0 aromatic heterocycles. The lowest BCUT2D eigenvalue weighted by atomic mass is 9.83. The van der Waals surface area contributed by atoms with Gasteiger partial charge in [0.2, 0.25) is 0 Å². The molecule has 1 aromatic rings. The van der Waals surface area contributed by atoms with Gasteiger partial charge < -0.3 is 0 Å². The minimum Gasteiger partial charge on any atom is -0.0552 e. The first-order chi connectivity index (χ1) is 6.93. The zero-order valence-corrected chi connectivity index (χ0v) is 8.60. The summed E-state index contributed by atoms with van der Waals surface area (Å²) >= 11 is 0. The summed E-state index contributed by atoms with van der Waals surface area (Å²) in [6, 6.07) is 4.86. The van der Waals surface area contributed by atoms with E-state index in [0.717, 1.165) is 6.42 Å². The molecular formula is C14H16. The molecule has 14 heavy (non-hydrogen) atoms. The van der Waals surface area contributed by atoms with Gasteiger partial charge in [-0.25, -0.2) is 0 Å². The summed E-state index contributed by atoms with van der Waals surface area (Å²) < 4.78 is 0. The Morgan fingerprint density at radius 1 is 0.786 bits per heavy atom. The van der Waals surface area contributed by atoms with E-state index in [2.05, 4.69) is 18.6 Å². The lowest BCUT2D eigenvalue weighted by molar-refractivity contribution is 0.678. The number of benzene rings is 1. The minimum absolute atomic E-state index is 1.16. The Morgan fingerprint density at radius 3 is 2.36 bits per heavy atom. The molecule has 2 radical (unpaired) electrons. The fourth-order valence-electron chi connectivity index (χ4n) is 2.71. The molecule has 0 heteroatoms. The summed E-state index contributed by atoms with van der Waals surface area (Å²) in [4.78, 5) is 0. The second kappa shape index (κ2) is 3.42. The molecule has 72 valence electrons. The molecule has 2 aliphatic carbocycles. The van der Waals surface area contributed by atoms with Crippen molar-refractivity contribution in [1.29, 1.82) is 0 Å². The standard InChI is InChI=1S/C14H16/c1-2-6-12-10-14-8-4-3-7-13(14)9-11(12)5-1/h9-10H,1-7H2. The SMILES string of the molecule is [C]1CCCc2cc3c(cc21)CCCC3. The molecule has 0 saturated carbocycles. The second-order valence-electron chi connectivity index (χ2n) is 4.52. The third-order valence-electron chi connectivity index (χ3n) is 3.51. The van der Waals surface area contributed by atoms with Crippen LogP contribution in [0, 0.1) is 6.42 Å². The van der Waals surface area contributed by atoms with Crippen molar-refractivity contribution in [1.82, 2.24) is 0 Å². The fourth-order valence-corrected chi connectivity index (χ4v) is 2.71. The summed E-state index contributed by atoms with van der Waals surface area (Å²) in [7, 11) is 0. The number of aryl methyl sites for hydroxylation is 3. The minimum atomic E-state index is 1.16. The highest BCUT2D eigenvalue weighted by Crippen LogP contribution is 2.29. The molecule has 0 unspecified atom stereocenters. The van der Waals surface area contributed by atoms with Crippen LogP contribution in [0.5, 0.6) is 0 Å². The van der Waals surface area contributed by atoms with Crippen LogP contribution >= 0.6 is 0 Å². The predicted octanol–water partition coefficient (Wildman–Crippen LogP) is 3.33.